The van der Waals surface area contributed by atoms with Gasteiger partial charge in [0.05, 0.1) is 17.6 Å². The summed E-state index contributed by atoms with van der Waals surface area (Å²) in [5, 5.41) is 8.47. The summed E-state index contributed by atoms with van der Waals surface area (Å²) in [5.74, 6) is 0.0766. The van der Waals surface area contributed by atoms with Crippen molar-refractivity contribution in [3.63, 3.8) is 0 Å². The molecule has 0 aliphatic heterocycles. The van der Waals surface area contributed by atoms with Crippen LogP contribution in [-0.2, 0) is 10.0 Å². The van der Waals surface area contributed by atoms with E-state index < -0.39 is 10.0 Å². The number of carbonyl (C=O) groups excluding carboxylic acids is 1. The van der Waals surface area contributed by atoms with Gasteiger partial charge in [0.2, 0.25) is 10.0 Å². The molecule has 6 nitrogen and oxygen atoms in total. The van der Waals surface area contributed by atoms with Crippen molar-refractivity contribution in [2.24, 2.45) is 5.14 Å². The van der Waals surface area contributed by atoms with E-state index in [-0.39, 0.29) is 22.8 Å². The maximum atomic E-state index is 12.6. The molecule has 0 fully saturated rings. The summed E-state index contributed by atoms with van der Waals surface area (Å²) >= 11 is 5.97. The molecule has 0 saturated heterocycles. The highest BCUT2D eigenvalue weighted by Crippen LogP contribution is 2.24. The zero-order valence-corrected chi connectivity index (χ0v) is 16.3. The predicted octanol–water partition coefficient (Wildman–Crippen LogP) is 2.92. The van der Waals surface area contributed by atoms with Gasteiger partial charge in [-0.3, -0.25) is 4.79 Å². The van der Waals surface area contributed by atoms with Crippen LogP contribution in [0.1, 0.15) is 35.7 Å². The van der Waals surface area contributed by atoms with Crippen molar-refractivity contribution < 1.29 is 17.9 Å². The van der Waals surface area contributed by atoms with E-state index in [1.165, 1.54) is 19.2 Å². The number of amides is 1. The van der Waals surface area contributed by atoms with Crippen LogP contribution < -0.4 is 15.2 Å². The fourth-order valence-electron chi connectivity index (χ4n) is 2.52. The molecule has 2 aromatic carbocycles. The summed E-state index contributed by atoms with van der Waals surface area (Å²) in [6.07, 6.45) is 0. The average molecular weight is 397 g/mol. The number of hydrogen-bond acceptors (Lipinski definition) is 4. The van der Waals surface area contributed by atoms with Gasteiger partial charge in [0.1, 0.15) is 5.75 Å². The Kier molecular flexibility index (Phi) is 6.28. The number of rotatable bonds is 6. The molecule has 0 spiro atoms. The van der Waals surface area contributed by atoms with E-state index in [9.17, 15) is 13.2 Å². The van der Waals surface area contributed by atoms with Crippen LogP contribution in [0.2, 0.25) is 5.02 Å². The van der Waals surface area contributed by atoms with Gasteiger partial charge in [0, 0.05) is 17.0 Å². The molecular formula is C18H21ClN2O4S. The minimum Gasteiger partial charge on any atom is -0.496 e. The van der Waals surface area contributed by atoms with Crippen LogP contribution >= 0.6 is 11.6 Å². The topological polar surface area (TPSA) is 98.5 Å². The molecule has 0 saturated carbocycles. The number of benzene rings is 2. The highest BCUT2D eigenvalue weighted by molar-refractivity contribution is 7.89. The monoisotopic (exact) mass is 396 g/mol. The van der Waals surface area contributed by atoms with E-state index >= 15 is 0 Å². The Labute approximate surface area is 158 Å². The lowest BCUT2D eigenvalue weighted by atomic mass is 9.94. The minimum absolute atomic E-state index is 0.0498. The molecule has 0 heterocycles. The number of primary sulfonamides is 1. The Morgan fingerprint density at radius 3 is 2.31 bits per heavy atom. The van der Waals surface area contributed by atoms with Crippen molar-refractivity contribution in [1.29, 1.82) is 0 Å². The fourth-order valence-corrected chi connectivity index (χ4v) is 3.20. The summed E-state index contributed by atoms with van der Waals surface area (Å²) < 4.78 is 27.9. The molecular weight excluding hydrogens is 376 g/mol. The summed E-state index contributed by atoms with van der Waals surface area (Å²) in [4.78, 5) is 12.6. The Morgan fingerprint density at radius 1 is 1.15 bits per heavy atom. The third kappa shape index (κ3) is 4.75. The highest BCUT2D eigenvalue weighted by atomic mass is 35.5. The normalized spacial score (nSPS) is 13.7. The SMILES string of the molecule is COc1ccc(Cl)cc1C(=O)N[C@H](C)[C@@H](C)c1ccc(S(N)(=O)=O)cc1. The molecule has 8 heteroatoms. The molecule has 3 N–H and O–H groups in total. The molecule has 0 aliphatic rings. The van der Waals surface area contributed by atoms with Crippen molar-refractivity contribution in [3.05, 3.63) is 58.6 Å². The third-order valence-corrected chi connectivity index (χ3v) is 5.41. The van der Waals surface area contributed by atoms with Crippen molar-refractivity contribution in [3.8, 4) is 5.75 Å². The molecule has 2 aromatic rings. The number of ether oxygens (including phenoxy) is 1. The lowest BCUT2D eigenvalue weighted by molar-refractivity contribution is 0.0932. The quantitative estimate of drug-likeness (QED) is 0.784. The number of sulfonamides is 1. The van der Waals surface area contributed by atoms with Crippen LogP contribution in [0.4, 0.5) is 0 Å². The van der Waals surface area contributed by atoms with Crippen molar-refractivity contribution in [2.75, 3.05) is 7.11 Å². The second-order valence-electron chi connectivity index (χ2n) is 6.01. The smallest absolute Gasteiger partial charge is 0.255 e. The maximum Gasteiger partial charge on any atom is 0.255 e. The van der Waals surface area contributed by atoms with Crippen LogP contribution in [-0.4, -0.2) is 27.5 Å². The molecule has 0 aromatic heterocycles. The lowest BCUT2D eigenvalue weighted by Crippen LogP contribution is -2.36. The maximum absolute atomic E-state index is 12.6. The molecule has 1 amide bonds. The van der Waals surface area contributed by atoms with Crippen LogP contribution in [0.3, 0.4) is 0 Å². The van der Waals surface area contributed by atoms with Crippen LogP contribution in [0.5, 0.6) is 5.75 Å². The standard InChI is InChI=1S/C18H21ClN2O4S/c1-11(13-4-7-15(8-5-13)26(20,23)24)12(2)21-18(22)16-10-14(19)6-9-17(16)25-3/h4-12H,1-3H3,(H,21,22)(H2,20,23,24)/t11-,12-/m1/s1. The molecule has 0 radical (unpaired) electrons. The lowest BCUT2D eigenvalue weighted by Gasteiger charge is -2.22. The van der Waals surface area contributed by atoms with Gasteiger partial charge in [-0.05, 0) is 42.8 Å². The van der Waals surface area contributed by atoms with Crippen molar-refractivity contribution >= 4 is 27.5 Å². The largest absolute Gasteiger partial charge is 0.496 e. The van der Waals surface area contributed by atoms with E-state index in [4.69, 9.17) is 21.5 Å². The van der Waals surface area contributed by atoms with Crippen molar-refractivity contribution in [1.82, 2.24) is 5.32 Å². The second kappa shape index (κ2) is 8.07. The van der Waals surface area contributed by atoms with Gasteiger partial charge in [-0.15, -0.1) is 0 Å². The number of nitrogens with one attached hydrogen (secondary N) is 1. The third-order valence-electron chi connectivity index (χ3n) is 4.25. The first-order chi connectivity index (χ1) is 12.1. The molecule has 0 unspecified atom stereocenters. The Morgan fingerprint density at radius 2 is 1.77 bits per heavy atom. The zero-order chi connectivity index (χ0) is 19.5. The van der Waals surface area contributed by atoms with E-state index in [0.717, 1.165) is 5.56 Å². The van der Waals surface area contributed by atoms with E-state index in [1.807, 2.05) is 13.8 Å². The fraction of sp³-hybridized carbons (Fsp3) is 0.278. The molecule has 0 aliphatic carbocycles. The Hall–Kier alpha value is -2.09. The summed E-state index contributed by atoms with van der Waals surface area (Å²) in [7, 11) is -2.24. The number of hydrogen-bond donors (Lipinski definition) is 2. The zero-order valence-electron chi connectivity index (χ0n) is 14.7. The first-order valence-corrected chi connectivity index (χ1v) is 9.83. The second-order valence-corrected chi connectivity index (χ2v) is 8.01. The van der Waals surface area contributed by atoms with E-state index in [0.29, 0.717) is 16.3 Å². The average Bonchev–Trinajstić information content (AvgIpc) is 2.60. The number of halogens is 1. The van der Waals surface area contributed by atoms with Gasteiger partial charge in [-0.1, -0.05) is 30.7 Å². The first-order valence-electron chi connectivity index (χ1n) is 7.90. The van der Waals surface area contributed by atoms with Crippen LogP contribution in [0.15, 0.2) is 47.4 Å². The summed E-state index contributed by atoms with van der Waals surface area (Å²) in [5.41, 5.74) is 1.23. The number of methoxy groups -OCH3 is 1. The Bertz CT molecular complexity index is 898. The number of carbonyl (C=O) groups is 1. The highest BCUT2D eigenvalue weighted by Gasteiger charge is 2.20. The van der Waals surface area contributed by atoms with Gasteiger partial charge < -0.3 is 10.1 Å². The Balaban J connectivity index is 2.15. The van der Waals surface area contributed by atoms with Gasteiger partial charge in [-0.2, -0.15) is 0 Å². The van der Waals surface area contributed by atoms with Crippen LogP contribution in [0.25, 0.3) is 0 Å². The van der Waals surface area contributed by atoms with Gasteiger partial charge >= 0.3 is 0 Å². The molecule has 0 bridgehead atoms. The van der Waals surface area contributed by atoms with Crippen LogP contribution in [0, 0.1) is 0 Å². The molecule has 2 rings (SSSR count). The summed E-state index contributed by atoms with van der Waals surface area (Å²) in [6, 6.07) is 10.9. The van der Waals surface area contributed by atoms with E-state index in [2.05, 4.69) is 5.32 Å². The first kappa shape index (κ1) is 20.2. The van der Waals surface area contributed by atoms with Gasteiger partial charge in [-0.25, -0.2) is 13.6 Å². The molecule has 26 heavy (non-hydrogen) atoms. The minimum atomic E-state index is -3.73. The molecule has 2 atom stereocenters. The van der Waals surface area contributed by atoms with Gasteiger partial charge in [0.15, 0.2) is 0 Å². The van der Waals surface area contributed by atoms with E-state index in [1.54, 1.807) is 30.3 Å². The summed E-state index contributed by atoms with van der Waals surface area (Å²) in [6.45, 7) is 3.80. The van der Waals surface area contributed by atoms with Gasteiger partial charge in [0.25, 0.3) is 5.91 Å². The predicted molar refractivity (Wildman–Crippen MR) is 101 cm³/mol. The van der Waals surface area contributed by atoms with Crippen molar-refractivity contribution in [2.45, 2.75) is 30.7 Å². The molecule has 140 valence electrons. The number of nitrogens with two attached hydrogens (primary N) is 1.